The van der Waals surface area contributed by atoms with Crippen LogP contribution < -0.4 is 5.73 Å². The van der Waals surface area contributed by atoms with Crippen molar-refractivity contribution < 1.29 is 4.79 Å². The summed E-state index contributed by atoms with van der Waals surface area (Å²) in [6.07, 6.45) is 8.76. The Kier molecular flexibility index (Phi) is 2.51. The van der Waals surface area contributed by atoms with Crippen molar-refractivity contribution in [1.29, 1.82) is 0 Å². The van der Waals surface area contributed by atoms with Crippen molar-refractivity contribution in [1.82, 2.24) is 4.90 Å². The van der Waals surface area contributed by atoms with Gasteiger partial charge in [0, 0.05) is 18.1 Å². The molecule has 1 saturated heterocycles. The molecule has 1 unspecified atom stereocenters. The van der Waals surface area contributed by atoms with Gasteiger partial charge in [-0.1, -0.05) is 0 Å². The molecular formula is C14H24N2O. The number of fused-ring (bicyclic) bond motifs is 2. The minimum Gasteiger partial charge on any atom is -0.340 e. The summed E-state index contributed by atoms with van der Waals surface area (Å²) in [5.41, 5.74) is 6.24. The number of amides is 1. The molecular weight excluding hydrogens is 212 g/mol. The number of rotatable bonds is 1. The van der Waals surface area contributed by atoms with Crippen LogP contribution in [0, 0.1) is 5.41 Å². The van der Waals surface area contributed by atoms with E-state index in [-0.39, 0.29) is 11.0 Å². The van der Waals surface area contributed by atoms with E-state index in [1.54, 1.807) is 0 Å². The van der Waals surface area contributed by atoms with Crippen LogP contribution in [-0.2, 0) is 4.79 Å². The first kappa shape index (κ1) is 11.5. The molecule has 3 fully saturated rings. The van der Waals surface area contributed by atoms with Crippen molar-refractivity contribution in [2.75, 3.05) is 6.54 Å². The molecule has 0 spiro atoms. The highest BCUT2D eigenvalue weighted by Crippen LogP contribution is 2.56. The average molecular weight is 236 g/mol. The van der Waals surface area contributed by atoms with E-state index in [4.69, 9.17) is 5.73 Å². The maximum absolute atomic E-state index is 12.8. The number of carbonyl (C=O) groups is 1. The SMILES string of the molecule is CC1CCCCN1C(=O)C12CCC(N)(CC1)C2. The van der Waals surface area contributed by atoms with Crippen LogP contribution in [-0.4, -0.2) is 28.9 Å². The number of nitrogens with two attached hydrogens (primary N) is 1. The van der Waals surface area contributed by atoms with Gasteiger partial charge in [-0.25, -0.2) is 0 Å². The summed E-state index contributed by atoms with van der Waals surface area (Å²) in [5, 5.41) is 0. The normalized spacial score (nSPS) is 45.3. The molecule has 17 heavy (non-hydrogen) atoms. The van der Waals surface area contributed by atoms with Crippen molar-refractivity contribution >= 4 is 5.91 Å². The largest absolute Gasteiger partial charge is 0.340 e. The molecule has 1 heterocycles. The standard InChI is InChI=1S/C14H24N2O/c1-11-4-2-3-9-16(11)12(17)13-5-7-14(15,10-13)8-6-13/h11H,2-10,15H2,1H3. The Balaban J connectivity index is 1.78. The van der Waals surface area contributed by atoms with E-state index in [0.717, 1.165) is 38.6 Å². The topological polar surface area (TPSA) is 46.3 Å². The average Bonchev–Trinajstić information content (AvgIpc) is 2.83. The van der Waals surface area contributed by atoms with Crippen LogP contribution in [0.15, 0.2) is 0 Å². The maximum atomic E-state index is 12.8. The lowest BCUT2D eigenvalue weighted by atomic mass is 9.81. The molecule has 3 heteroatoms. The zero-order valence-corrected chi connectivity index (χ0v) is 10.9. The Morgan fingerprint density at radius 3 is 2.47 bits per heavy atom. The molecule has 1 aliphatic heterocycles. The Bertz CT molecular complexity index is 331. The molecule has 3 aliphatic rings. The Morgan fingerprint density at radius 2 is 1.94 bits per heavy atom. The zero-order chi connectivity index (χ0) is 12.1. The van der Waals surface area contributed by atoms with Crippen molar-refractivity contribution in [3.8, 4) is 0 Å². The molecule has 2 N–H and O–H groups in total. The quantitative estimate of drug-likeness (QED) is 0.757. The van der Waals surface area contributed by atoms with Crippen LogP contribution in [0.5, 0.6) is 0 Å². The second-order valence-corrected chi connectivity index (χ2v) is 6.66. The number of piperidine rings is 1. The molecule has 1 atom stereocenters. The highest BCUT2D eigenvalue weighted by atomic mass is 16.2. The van der Waals surface area contributed by atoms with Gasteiger partial charge in [0.15, 0.2) is 0 Å². The molecule has 3 rings (SSSR count). The first-order valence-electron chi connectivity index (χ1n) is 7.15. The van der Waals surface area contributed by atoms with E-state index in [9.17, 15) is 4.79 Å². The number of carbonyl (C=O) groups excluding carboxylic acids is 1. The van der Waals surface area contributed by atoms with Gasteiger partial charge in [-0.15, -0.1) is 0 Å². The van der Waals surface area contributed by atoms with E-state index in [2.05, 4.69) is 11.8 Å². The van der Waals surface area contributed by atoms with E-state index < -0.39 is 0 Å². The van der Waals surface area contributed by atoms with Gasteiger partial charge in [-0.3, -0.25) is 4.79 Å². The highest BCUT2D eigenvalue weighted by molar-refractivity contribution is 5.84. The second-order valence-electron chi connectivity index (χ2n) is 6.66. The molecule has 0 aromatic rings. The summed E-state index contributed by atoms with van der Waals surface area (Å²) in [6, 6.07) is 0.444. The summed E-state index contributed by atoms with van der Waals surface area (Å²) in [7, 11) is 0. The number of likely N-dealkylation sites (tertiary alicyclic amines) is 1. The molecule has 0 aromatic carbocycles. The van der Waals surface area contributed by atoms with Crippen LogP contribution in [0.2, 0.25) is 0 Å². The monoisotopic (exact) mass is 236 g/mol. The lowest BCUT2D eigenvalue weighted by molar-refractivity contribution is -0.145. The summed E-state index contributed by atoms with van der Waals surface area (Å²) < 4.78 is 0. The van der Waals surface area contributed by atoms with Crippen molar-refractivity contribution in [2.24, 2.45) is 11.1 Å². The van der Waals surface area contributed by atoms with Crippen LogP contribution in [0.3, 0.4) is 0 Å². The van der Waals surface area contributed by atoms with Gasteiger partial charge in [0.2, 0.25) is 5.91 Å². The maximum Gasteiger partial charge on any atom is 0.229 e. The number of hydrogen-bond donors (Lipinski definition) is 1. The minimum absolute atomic E-state index is 0.00527. The van der Waals surface area contributed by atoms with E-state index in [1.165, 1.54) is 19.3 Å². The predicted octanol–water partition coefficient (Wildman–Crippen LogP) is 2.05. The van der Waals surface area contributed by atoms with E-state index >= 15 is 0 Å². The lowest BCUT2D eigenvalue weighted by Gasteiger charge is -2.39. The molecule has 2 bridgehead atoms. The first-order valence-corrected chi connectivity index (χ1v) is 7.15. The summed E-state index contributed by atoms with van der Waals surface area (Å²) in [4.78, 5) is 15.0. The predicted molar refractivity (Wildman–Crippen MR) is 67.5 cm³/mol. The molecule has 2 aliphatic carbocycles. The Labute approximate surface area is 104 Å². The fourth-order valence-electron chi connectivity index (χ4n) is 4.25. The van der Waals surface area contributed by atoms with Crippen LogP contribution in [0.1, 0.15) is 58.3 Å². The third-order valence-corrected chi connectivity index (χ3v) is 5.41. The molecule has 3 nitrogen and oxygen atoms in total. The van der Waals surface area contributed by atoms with E-state index in [1.807, 2.05) is 0 Å². The summed E-state index contributed by atoms with van der Waals surface area (Å²) >= 11 is 0. The van der Waals surface area contributed by atoms with Gasteiger partial charge in [0.1, 0.15) is 0 Å². The molecule has 0 radical (unpaired) electrons. The van der Waals surface area contributed by atoms with E-state index in [0.29, 0.717) is 11.9 Å². The summed E-state index contributed by atoms with van der Waals surface area (Å²) in [6.45, 7) is 3.17. The van der Waals surface area contributed by atoms with Crippen molar-refractivity contribution in [2.45, 2.75) is 69.9 Å². The van der Waals surface area contributed by atoms with Crippen LogP contribution >= 0.6 is 0 Å². The highest BCUT2D eigenvalue weighted by Gasteiger charge is 2.57. The van der Waals surface area contributed by atoms with Gasteiger partial charge < -0.3 is 10.6 Å². The first-order chi connectivity index (χ1) is 8.05. The molecule has 0 aromatic heterocycles. The number of nitrogens with zero attached hydrogens (tertiary/aromatic N) is 1. The Morgan fingerprint density at radius 1 is 1.24 bits per heavy atom. The lowest BCUT2D eigenvalue weighted by Crippen LogP contribution is -2.48. The molecule has 2 saturated carbocycles. The van der Waals surface area contributed by atoms with Crippen LogP contribution in [0.4, 0.5) is 0 Å². The Hall–Kier alpha value is -0.570. The molecule has 1 amide bonds. The smallest absolute Gasteiger partial charge is 0.229 e. The van der Waals surface area contributed by atoms with Gasteiger partial charge in [0.05, 0.1) is 5.41 Å². The molecule has 96 valence electrons. The number of hydrogen-bond acceptors (Lipinski definition) is 2. The fraction of sp³-hybridized carbons (Fsp3) is 0.929. The zero-order valence-electron chi connectivity index (χ0n) is 10.9. The van der Waals surface area contributed by atoms with Gasteiger partial charge in [-0.2, -0.15) is 0 Å². The van der Waals surface area contributed by atoms with Crippen molar-refractivity contribution in [3.05, 3.63) is 0 Å². The third-order valence-electron chi connectivity index (χ3n) is 5.41. The van der Waals surface area contributed by atoms with Crippen LogP contribution in [0.25, 0.3) is 0 Å². The minimum atomic E-state index is -0.0691. The summed E-state index contributed by atoms with van der Waals surface area (Å²) in [5.74, 6) is 0.425. The van der Waals surface area contributed by atoms with Crippen molar-refractivity contribution in [3.63, 3.8) is 0 Å². The second kappa shape index (κ2) is 3.71. The fourth-order valence-corrected chi connectivity index (χ4v) is 4.25. The van der Waals surface area contributed by atoms with Gasteiger partial charge in [0.25, 0.3) is 0 Å². The third kappa shape index (κ3) is 1.70. The van der Waals surface area contributed by atoms with Gasteiger partial charge >= 0.3 is 0 Å². The van der Waals surface area contributed by atoms with Gasteiger partial charge in [-0.05, 0) is 58.3 Å².